The first-order valence-corrected chi connectivity index (χ1v) is 6.84. The largest absolute Gasteiger partial charge is 0.497 e. The van der Waals surface area contributed by atoms with E-state index in [2.05, 4.69) is 5.32 Å². The van der Waals surface area contributed by atoms with Crippen LogP contribution in [-0.4, -0.2) is 44.7 Å². The van der Waals surface area contributed by atoms with Gasteiger partial charge in [-0.25, -0.2) is 0 Å². The van der Waals surface area contributed by atoms with Crippen LogP contribution in [-0.2, 0) is 11.3 Å². The van der Waals surface area contributed by atoms with Crippen LogP contribution in [0, 0.1) is 0 Å². The van der Waals surface area contributed by atoms with Crippen LogP contribution >= 0.6 is 0 Å². The highest BCUT2D eigenvalue weighted by atomic mass is 16.5. The molecule has 1 atom stereocenters. The number of nitrogens with zero attached hydrogens (tertiary/aromatic N) is 1. The number of rotatable bonds is 5. The van der Waals surface area contributed by atoms with Gasteiger partial charge in [0.15, 0.2) is 0 Å². The van der Waals surface area contributed by atoms with E-state index in [1.54, 1.807) is 19.1 Å². The van der Waals surface area contributed by atoms with Crippen molar-refractivity contribution in [2.24, 2.45) is 0 Å². The van der Waals surface area contributed by atoms with Gasteiger partial charge in [-0.1, -0.05) is 0 Å². The molecule has 0 radical (unpaired) electrons. The Kier molecular flexibility index (Phi) is 4.84. The highest BCUT2D eigenvalue weighted by Crippen LogP contribution is 2.23. The van der Waals surface area contributed by atoms with Gasteiger partial charge in [-0.05, 0) is 37.1 Å². The van der Waals surface area contributed by atoms with Crippen molar-refractivity contribution < 1.29 is 14.3 Å². The fraction of sp³-hybridized carbons (Fsp3) is 0.533. The molecule has 5 nitrogen and oxygen atoms in total. The van der Waals surface area contributed by atoms with E-state index < -0.39 is 0 Å². The molecule has 1 fully saturated rings. The molecule has 20 heavy (non-hydrogen) atoms. The fourth-order valence-electron chi connectivity index (χ4n) is 2.47. The zero-order chi connectivity index (χ0) is 14.5. The molecule has 1 aromatic carbocycles. The SMILES string of the molecule is COc1cc(CN(C)C(=O)C2CCCN2)cc(OC)c1. The van der Waals surface area contributed by atoms with E-state index in [0.29, 0.717) is 6.54 Å². The summed E-state index contributed by atoms with van der Waals surface area (Å²) < 4.78 is 10.5. The minimum atomic E-state index is -0.0347. The molecule has 0 saturated carbocycles. The Morgan fingerprint density at radius 2 is 1.95 bits per heavy atom. The van der Waals surface area contributed by atoms with Crippen LogP contribution in [0.2, 0.25) is 0 Å². The summed E-state index contributed by atoms with van der Waals surface area (Å²) >= 11 is 0. The first-order chi connectivity index (χ1) is 9.63. The van der Waals surface area contributed by atoms with E-state index in [1.165, 1.54) is 0 Å². The third-order valence-electron chi connectivity index (χ3n) is 3.57. The van der Waals surface area contributed by atoms with Gasteiger partial charge in [0.2, 0.25) is 5.91 Å². The smallest absolute Gasteiger partial charge is 0.239 e. The van der Waals surface area contributed by atoms with E-state index in [9.17, 15) is 4.79 Å². The minimum Gasteiger partial charge on any atom is -0.497 e. The molecule has 1 amide bonds. The number of carbonyl (C=O) groups is 1. The number of hydrogen-bond acceptors (Lipinski definition) is 4. The standard InChI is InChI=1S/C15H22N2O3/c1-17(15(18)14-5-4-6-16-14)10-11-7-12(19-2)9-13(8-11)20-3/h7-9,14,16H,4-6,10H2,1-3H3. The summed E-state index contributed by atoms with van der Waals surface area (Å²) in [6.07, 6.45) is 1.99. The van der Waals surface area contributed by atoms with Crippen LogP contribution in [0.1, 0.15) is 18.4 Å². The number of methoxy groups -OCH3 is 2. The normalized spacial score (nSPS) is 17.9. The van der Waals surface area contributed by atoms with Gasteiger partial charge in [-0.2, -0.15) is 0 Å². The second-order valence-corrected chi connectivity index (χ2v) is 5.06. The van der Waals surface area contributed by atoms with E-state index in [-0.39, 0.29) is 11.9 Å². The van der Waals surface area contributed by atoms with Crippen LogP contribution in [0.3, 0.4) is 0 Å². The maximum Gasteiger partial charge on any atom is 0.239 e. The zero-order valence-corrected chi connectivity index (χ0v) is 12.3. The maximum absolute atomic E-state index is 12.3. The van der Waals surface area contributed by atoms with Crippen molar-refractivity contribution in [2.45, 2.75) is 25.4 Å². The summed E-state index contributed by atoms with van der Waals surface area (Å²) in [6.45, 7) is 1.47. The van der Waals surface area contributed by atoms with Crippen LogP contribution in [0.15, 0.2) is 18.2 Å². The molecule has 0 aromatic heterocycles. The van der Waals surface area contributed by atoms with Gasteiger partial charge in [-0.15, -0.1) is 0 Å². The number of ether oxygens (including phenoxy) is 2. The van der Waals surface area contributed by atoms with Gasteiger partial charge < -0.3 is 19.7 Å². The molecule has 2 rings (SSSR count). The lowest BCUT2D eigenvalue weighted by Crippen LogP contribution is -2.41. The van der Waals surface area contributed by atoms with Gasteiger partial charge in [0.25, 0.3) is 0 Å². The Morgan fingerprint density at radius 3 is 2.45 bits per heavy atom. The average Bonchev–Trinajstić information content (AvgIpc) is 3.00. The van der Waals surface area contributed by atoms with Gasteiger partial charge >= 0.3 is 0 Å². The number of amides is 1. The topological polar surface area (TPSA) is 50.8 Å². The molecule has 0 aliphatic carbocycles. The third-order valence-corrected chi connectivity index (χ3v) is 3.57. The van der Waals surface area contributed by atoms with Gasteiger partial charge in [-0.3, -0.25) is 4.79 Å². The van der Waals surface area contributed by atoms with E-state index in [0.717, 1.165) is 36.4 Å². The Bertz CT molecular complexity index is 448. The second kappa shape index (κ2) is 6.61. The van der Waals surface area contributed by atoms with Crippen molar-refractivity contribution in [3.05, 3.63) is 23.8 Å². The van der Waals surface area contributed by atoms with Gasteiger partial charge in [0, 0.05) is 19.7 Å². The molecule has 1 heterocycles. The monoisotopic (exact) mass is 278 g/mol. The molecule has 1 saturated heterocycles. The third kappa shape index (κ3) is 3.42. The Hall–Kier alpha value is -1.75. The summed E-state index contributed by atoms with van der Waals surface area (Å²) in [5.74, 6) is 1.61. The Morgan fingerprint density at radius 1 is 1.30 bits per heavy atom. The van der Waals surface area contributed by atoms with E-state index >= 15 is 0 Å². The molecule has 1 N–H and O–H groups in total. The summed E-state index contributed by atoms with van der Waals surface area (Å²) in [7, 11) is 5.07. The second-order valence-electron chi connectivity index (χ2n) is 5.06. The number of benzene rings is 1. The van der Waals surface area contributed by atoms with Crippen LogP contribution in [0.4, 0.5) is 0 Å². The Balaban J connectivity index is 2.06. The number of likely N-dealkylation sites (N-methyl/N-ethyl adjacent to an activating group) is 1. The highest BCUT2D eigenvalue weighted by Gasteiger charge is 2.24. The molecule has 1 aliphatic heterocycles. The van der Waals surface area contributed by atoms with Gasteiger partial charge in [0.05, 0.1) is 20.3 Å². The Labute approximate surface area is 119 Å². The lowest BCUT2D eigenvalue weighted by Gasteiger charge is -2.21. The number of nitrogens with one attached hydrogen (secondary N) is 1. The van der Waals surface area contributed by atoms with Crippen LogP contribution < -0.4 is 14.8 Å². The maximum atomic E-state index is 12.3. The molecule has 1 aliphatic rings. The molecular weight excluding hydrogens is 256 g/mol. The summed E-state index contributed by atoms with van der Waals surface area (Å²) in [5.41, 5.74) is 0.995. The van der Waals surface area contributed by atoms with E-state index in [4.69, 9.17) is 9.47 Å². The molecule has 0 spiro atoms. The van der Waals surface area contributed by atoms with Crippen molar-refractivity contribution in [3.63, 3.8) is 0 Å². The van der Waals surface area contributed by atoms with Crippen molar-refractivity contribution in [3.8, 4) is 11.5 Å². The lowest BCUT2D eigenvalue weighted by atomic mass is 10.1. The van der Waals surface area contributed by atoms with Crippen molar-refractivity contribution in [1.29, 1.82) is 0 Å². The predicted molar refractivity (Wildman–Crippen MR) is 77.0 cm³/mol. The quantitative estimate of drug-likeness (QED) is 0.885. The number of hydrogen-bond donors (Lipinski definition) is 1. The average molecular weight is 278 g/mol. The summed E-state index contributed by atoms with van der Waals surface area (Å²) in [4.78, 5) is 14.0. The van der Waals surface area contributed by atoms with Crippen molar-refractivity contribution >= 4 is 5.91 Å². The first-order valence-electron chi connectivity index (χ1n) is 6.84. The van der Waals surface area contributed by atoms with Crippen LogP contribution in [0.5, 0.6) is 11.5 Å². The van der Waals surface area contributed by atoms with E-state index in [1.807, 2.05) is 25.2 Å². The van der Waals surface area contributed by atoms with Gasteiger partial charge in [0.1, 0.15) is 11.5 Å². The van der Waals surface area contributed by atoms with Crippen molar-refractivity contribution in [1.82, 2.24) is 10.2 Å². The molecule has 0 bridgehead atoms. The highest BCUT2D eigenvalue weighted by molar-refractivity contribution is 5.81. The minimum absolute atomic E-state index is 0.0347. The summed E-state index contributed by atoms with van der Waals surface area (Å²) in [5, 5.41) is 3.23. The molecular formula is C15H22N2O3. The lowest BCUT2D eigenvalue weighted by molar-refractivity contribution is -0.132. The van der Waals surface area contributed by atoms with Crippen LogP contribution in [0.25, 0.3) is 0 Å². The predicted octanol–water partition coefficient (Wildman–Crippen LogP) is 1.41. The molecule has 1 aromatic rings. The zero-order valence-electron chi connectivity index (χ0n) is 12.3. The molecule has 110 valence electrons. The number of carbonyl (C=O) groups excluding carboxylic acids is 1. The summed E-state index contributed by atoms with van der Waals surface area (Å²) in [6, 6.07) is 5.64. The molecule has 5 heteroatoms. The first kappa shape index (κ1) is 14.7. The fourth-order valence-corrected chi connectivity index (χ4v) is 2.47. The molecule has 1 unspecified atom stereocenters. The van der Waals surface area contributed by atoms with Crippen molar-refractivity contribution in [2.75, 3.05) is 27.8 Å².